The molecule has 1 aliphatic heterocycles. The van der Waals surface area contributed by atoms with Crippen LogP contribution in [-0.4, -0.2) is 59.3 Å². The van der Waals surface area contributed by atoms with Crippen molar-refractivity contribution in [1.82, 2.24) is 14.7 Å². The standard InChI is InChI=1S/C24H25ClN4O3/c1-3-32-24(31)22-16-26-29(17(22)2)21-8-4-18(5-9-21)23(30)28-14-12-27(13-15-28)20-10-6-19(25)7-11-20/h4-11,16H,3,12-15H2,1-2H3. The van der Waals surface area contributed by atoms with E-state index >= 15 is 0 Å². The molecule has 2 aromatic carbocycles. The molecule has 32 heavy (non-hydrogen) atoms. The molecule has 3 aromatic rings. The van der Waals surface area contributed by atoms with Crippen LogP contribution in [0, 0.1) is 6.92 Å². The zero-order chi connectivity index (χ0) is 22.7. The highest BCUT2D eigenvalue weighted by Gasteiger charge is 2.23. The number of hydrogen-bond donors (Lipinski definition) is 0. The van der Waals surface area contributed by atoms with Gasteiger partial charge in [0.15, 0.2) is 0 Å². The fourth-order valence-electron chi connectivity index (χ4n) is 3.83. The number of rotatable bonds is 5. The van der Waals surface area contributed by atoms with Gasteiger partial charge < -0.3 is 14.5 Å². The number of benzene rings is 2. The molecular formula is C24H25ClN4O3. The molecule has 0 bridgehead atoms. The number of nitrogens with zero attached hydrogens (tertiary/aromatic N) is 4. The lowest BCUT2D eigenvalue weighted by Gasteiger charge is -2.36. The molecule has 7 nitrogen and oxygen atoms in total. The Morgan fingerprint density at radius 2 is 1.59 bits per heavy atom. The van der Waals surface area contributed by atoms with E-state index in [2.05, 4.69) is 10.00 Å². The highest BCUT2D eigenvalue weighted by atomic mass is 35.5. The number of amides is 1. The summed E-state index contributed by atoms with van der Waals surface area (Å²) < 4.78 is 6.74. The first-order chi connectivity index (χ1) is 15.5. The molecule has 1 amide bonds. The summed E-state index contributed by atoms with van der Waals surface area (Å²) >= 11 is 5.97. The normalized spacial score (nSPS) is 13.8. The Bertz CT molecular complexity index is 1100. The maximum Gasteiger partial charge on any atom is 0.341 e. The Labute approximate surface area is 192 Å². The van der Waals surface area contributed by atoms with Crippen LogP contribution in [-0.2, 0) is 4.74 Å². The van der Waals surface area contributed by atoms with E-state index in [1.54, 1.807) is 23.7 Å². The van der Waals surface area contributed by atoms with Crippen molar-refractivity contribution in [2.45, 2.75) is 13.8 Å². The highest BCUT2D eigenvalue weighted by Crippen LogP contribution is 2.21. The summed E-state index contributed by atoms with van der Waals surface area (Å²) in [6, 6.07) is 15.0. The summed E-state index contributed by atoms with van der Waals surface area (Å²) in [7, 11) is 0. The third kappa shape index (κ3) is 4.48. The predicted molar refractivity (Wildman–Crippen MR) is 124 cm³/mol. The summed E-state index contributed by atoms with van der Waals surface area (Å²) in [6.07, 6.45) is 1.51. The lowest BCUT2D eigenvalue weighted by atomic mass is 10.1. The van der Waals surface area contributed by atoms with E-state index in [-0.39, 0.29) is 11.9 Å². The molecule has 166 valence electrons. The van der Waals surface area contributed by atoms with Crippen LogP contribution in [0.1, 0.15) is 33.3 Å². The van der Waals surface area contributed by atoms with Crippen LogP contribution in [0.5, 0.6) is 0 Å². The molecule has 0 aliphatic carbocycles. The number of carbonyl (C=O) groups excluding carboxylic acids is 2. The van der Waals surface area contributed by atoms with Crippen molar-refractivity contribution < 1.29 is 14.3 Å². The second kappa shape index (κ2) is 9.44. The van der Waals surface area contributed by atoms with Crippen LogP contribution >= 0.6 is 11.6 Å². The van der Waals surface area contributed by atoms with Gasteiger partial charge in [0.25, 0.3) is 5.91 Å². The Balaban J connectivity index is 1.41. The fraction of sp³-hybridized carbons (Fsp3) is 0.292. The number of carbonyl (C=O) groups is 2. The summed E-state index contributed by atoms with van der Waals surface area (Å²) in [6.45, 7) is 6.76. The Hall–Kier alpha value is -3.32. The lowest BCUT2D eigenvalue weighted by Crippen LogP contribution is -2.48. The highest BCUT2D eigenvalue weighted by molar-refractivity contribution is 6.30. The maximum absolute atomic E-state index is 13.0. The van der Waals surface area contributed by atoms with Gasteiger partial charge in [0.2, 0.25) is 0 Å². The molecule has 0 unspecified atom stereocenters. The number of aromatic nitrogens is 2. The van der Waals surface area contributed by atoms with Gasteiger partial charge in [-0.25, -0.2) is 9.48 Å². The number of halogens is 1. The minimum Gasteiger partial charge on any atom is -0.462 e. The van der Waals surface area contributed by atoms with E-state index in [1.165, 1.54) is 6.20 Å². The van der Waals surface area contributed by atoms with E-state index in [1.807, 2.05) is 48.2 Å². The van der Waals surface area contributed by atoms with Crippen molar-refractivity contribution in [3.8, 4) is 5.69 Å². The first kappa shape index (κ1) is 21.9. The van der Waals surface area contributed by atoms with Crippen LogP contribution in [0.25, 0.3) is 5.69 Å². The van der Waals surface area contributed by atoms with Gasteiger partial charge in [-0.1, -0.05) is 11.6 Å². The molecule has 0 radical (unpaired) electrons. The van der Waals surface area contributed by atoms with Gasteiger partial charge in [0, 0.05) is 42.5 Å². The lowest BCUT2D eigenvalue weighted by molar-refractivity contribution is 0.0525. The maximum atomic E-state index is 13.0. The van der Waals surface area contributed by atoms with Crippen LogP contribution in [0.4, 0.5) is 5.69 Å². The zero-order valence-corrected chi connectivity index (χ0v) is 18.9. The second-order valence-corrected chi connectivity index (χ2v) is 8.01. The minimum atomic E-state index is -0.388. The van der Waals surface area contributed by atoms with Gasteiger partial charge >= 0.3 is 5.97 Å². The molecule has 1 aromatic heterocycles. The average molecular weight is 453 g/mol. The van der Waals surface area contributed by atoms with Crippen molar-refractivity contribution in [2.75, 3.05) is 37.7 Å². The van der Waals surface area contributed by atoms with Crippen molar-refractivity contribution in [2.24, 2.45) is 0 Å². The zero-order valence-electron chi connectivity index (χ0n) is 18.1. The molecule has 1 saturated heterocycles. The summed E-state index contributed by atoms with van der Waals surface area (Å²) in [5, 5.41) is 5.02. The second-order valence-electron chi connectivity index (χ2n) is 7.58. The molecule has 1 aliphatic rings. The van der Waals surface area contributed by atoms with Crippen LogP contribution in [0.3, 0.4) is 0 Å². The SMILES string of the molecule is CCOC(=O)c1cnn(-c2ccc(C(=O)N3CCN(c4ccc(Cl)cc4)CC3)cc2)c1C. The van der Waals surface area contributed by atoms with Crippen molar-refractivity contribution in [1.29, 1.82) is 0 Å². The molecule has 0 saturated carbocycles. The molecular weight excluding hydrogens is 428 g/mol. The molecule has 1 fully saturated rings. The van der Waals surface area contributed by atoms with Gasteiger partial charge in [0.1, 0.15) is 5.56 Å². The third-order valence-corrected chi connectivity index (χ3v) is 5.87. The van der Waals surface area contributed by atoms with E-state index in [0.29, 0.717) is 41.5 Å². The van der Waals surface area contributed by atoms with Crippen molar-refractivity contribution in [3.05, 3.63) is 76.6 Å². The van der Waals surface area contributed by atoms with Crippen molar-refractivity contribution in [3.63, 3.8) is 0 Å². The molecule has 0 atom stereocenters. The Morgan fingerprint density at radius 1 is 0.969 bits per heavy atom. The van der Waals surface area contributed by atoms with Crippen LogP contribution in [0.15, 0.2) is 54.7 Å². The number of piperazine rings is 1. The van der Waals surface area contributed by atoms with Crippen LogP contribution < -0.4 is 4.90 Å². The first-order valence-corrected chi connectivity index (χ1v) is 11.0. The third-order valence-electron chi connectivity index (χ3n) is 5.62. The minimum absolute atomic E-state index is 0.0108. The quantitative estimate of drug-likeness (QED) is 0.548. The molecule has 0 N–H and O–H groups in total. The van der Waals surface area contributed by atoms with Gasteiger partial charge in [-0.05, 0) is 62.4 Å². The fourth-order valence-corrected chi connectivity index (χ4v) is 3.95. The number of hydrogen-bond acceptors (Lipinski definition) is 5. The molecule has 2 heterocycles. The van der Waals surface area contributed by atoms with E-state index < -0.39 is 0 Å². The topological polar surface area (TPSA) is 67.7 Å². The largest absolute Gasteiger partial charge is 0.462 e. The average Bonchev–Trinajstić information content (AvgIpc) is 3.21. The summed E-state index contributed by atoms with van der Waals surface area (Å²) in [5.41, 5.74) is 3.65. The van der Waals surface area contributed by atoms with E-state index in [0.717, 1.165) is 24.5 Å². The van der Waals surface area contributed by atoms with E-state index in [9.17, 15) is 9.59 Å². The molecule has 8 heteroatoms. The Kier molecular flexibility index (Phi) is 6.46. The van der Waals surface area contributed by atoms with Gasteiger partial charge in [-0.15, -0.1) is 0 Å². The van der Waals surface area contributed by atoms with Crippen molar-refractivity contribution >= 4 is 29.2 Å². The number of ether oxygens (including phenoxy) is 1. The monoisotopic (exact) mass is 452 g/mol. The van der Waals surface area contributed by atoms with Gasteiger partial charge in [-0.3, -0.25) is 4.79 Å². The van der Waals surface area contributed by atoms with Gasteiger partial charge in [-0.2, -0.15) is 5.10 Å². The number of esters is 1. The molecule has 4 rings (SSSR count). The molecule has 0 spiro atoms. The first-order valence-electron chi connectivity index (χ1n) is 10.6. The smallest absolute Gasteiger partial charge is 0.341 e. The van der Waals surface area contributed by atoms with Crippen LogP contribution in [0.2, 0.25) is 5.02 Å². The summed E-state index contributed by atoms with van der Waals surface area (Å²) in [5.74, 6) is -0.377. The van der Waals surface area contributed by atoms with E-state index in [4.69, 9.17) is 16.3 Å². The number of anilines is 1. The van der Waals surface area contributed by atoms with Gasteiger partial charge in [0.05, 0.1) is 24.2 Å². The Morgan fingerprint density at radius 3 is 2.22 bits per heavy atom. The predicted octanol–water partition coefficient (Wildman–Crippen LogP) is 3.97. The summed E-state index contributed by atoms with van der Waals surface area (Å²) in [4.78, 5) is 29.1.